The van der Waals surface area contributed by atoms with Crippen LogP contribution in [0.25, 0.3) is 0 Å². The molecule has 1 fully saturated rings. The molecule has 1 heterocycles. The van der Waals surface area contributed by atoms with E-state index in [1.54, 1.807) is 0 Å². The number of carbonyl (C=O) groups excluding carboxylic acids is 1. The van der Waals surface area contributed by atoms with Crippen molar-refractivity contribution in [1.29, 1.82) is 0 Å². The normalized spacial score (nSPS) is 23.9. The molecule has 0 spiro atoms. The Hall–Kier alpha value is -0.570. The van der Waals surface area contributed by atoms with Crippen LogP contribution in [0.4, 0.5) is 0 Å². The first-order chi connectivity index (χ1) is 8.77. The Kier molecular flexibility index (Phi) is 8.06. The van der Waals surface area contributed by atoms with Crippen molar-refractivity contribution in [3.8, 4) is 0 Å². The van der Waals surface area contributed by atoms with Gasteiger partial charge in [0, 0.05) is 0 Å². The van der Waals surface area contributed by atoms with Gasteiger partial charge in [-0.3, -0.25) is 4.79 Å². The molecule has 0 radical (unpaired) electrons. The minimum absolute atomic E-state index is 0.0383. The highest BCUT2D eigenvalue weighted by atomic mass is 16.5. The molecule has 18 heavy (non-hydrogen) atoms. The lowest BCUT2D eigenvalue weighted by Gasteiger charge is -2.28. The number of esters is 1. The number of nitrogens with one attached hydrogen (secondary N) is 1. The van der Waals surface area contributed by atoms with Crippen molar-refractivity contribution in [2.75, 3.05) is 13.2 Å². The lowest BCUT2D eigenvalue weighted by atomic mass is 9.90. The van der Waals surface area contributed by atoms with Crippen LogP contribution < -0.4 is 5.32 Å². The summed E-state index contributed by atoms with van der Waals surface area (Å²) in [5, 5.41) is 3.27. The largest absolute Gasteiger partial charge is 0.465 e. The molecule has 0 aromatic rings. The molecule has 1 rings (SSSR count). The summed E-state index contributed by atoms with van der Waals surface area (Å²) in [5.41, 5.74) is 0. The Morgan fingerprint density at radius 2 is 2.00 bits per heavy atom. The maximum Gasteiger partial charge on any atom is 0.323 e. The van der Waals surface area contributed by atoms with E-state index in [-0.39, 0.29) is 12.0 Å². The Morgan fingerprint density at radius 1 is 1.22 bits per heavy atom. The van der Waals surface area contributed by atoms with Gasteiger partial charge in [-0.25, -0.2) is 0 Å². The third-order valence-electron chi connectivity index (χ3n) is 3.87. The maximum atomic E-state index is 11.9. The van der Waals surface area contributed by atoms with Gasteiger partial charge in [0.05, 0.1) is 6.61 Å². The van der Waals surface area contributed by atoms with Gasteiger partial charge in [0.2, 0.25) is 0 Å². The highest BCUT2D eigenvalue weighted by Crippen LogP contribution is 2.19. The van der Waals surface area contributed by atoms with E-state index in [0.717, 1.165) is 19.4 Å². The van der Waals surface area contributed by atoms with Gasteiger partial charge >= 0.3 is 5.97 Å². The van der Waals surface area contributed by atoms with Gasteiger partial charge in [-0.15, -0.1) is 0 Å². The Labute approximate surface area is 112 Å². The van der Waals surface area contributed by atoms with Gasteiger partial charge in [-0.05, 0) is 31.7 Å². The van der Waals surface area contributed by atoms with Gasteiger partial charge < -0.3 is 10.1 Å². The molecular formula is C15H29NO2. The van der Waals surface area contributed by atoms with E-state index in [1.807, 2.05) is 0 Å². The summed E-state index contributed by atoms with van der Waals surface area (Å²) in [6.07, 6.45) is 9.30. The van der Waals surface area contributed by atoms with Gasteiger partial charge in [0.15, 0.2) is 0 Å². The number of hydrogen-bond acceptors (Lipinski definition) is 3. The zero-order chi connectivity index (χ0) is 13.2. The highest BCUT2D eigenvalue weighted by molar-refractivity contribution is 5.75. The quantitative estimate of drug-likeness (QED) is 0.534. The van der Waals surface area contributed by atoms with Crippen molar-refractivity contribution in [1.82, 2.24) is 5.32 Å². The predicted molar refractivity (Wildman–Crippen MR) is 74.5 cm³/mol. The molecule has 0 aliphatic carbocycles. The van der Waals surface area contributed by atoms with E-state index in [9.17, 15) is 4.79 Å². The summed E-state index contributed by atoms with van der Waals surface area (Å²) < 4.78 is 5.35. The second-order valence-corrected chi connectivity index (χ2v) is 5.39. The predicted octanol–water partition coefficient (Wildman–Crippen LogP) is 3.28. The van der Waals surface area contributed by atoms with Gasteiger partial charge in [-0.1, -0.05) is 46.0 Å². The van der Waals surface area contributed by atoms with E-state index in [0.29, 0.717) is 12.5 Å². The summed E-state index contributed by atoms with van der Waals surface area (Å²) >= 11 is 0. The average Bonchev–Trinajstić information content (AvgIpc) is 2.42. The SMILES string of the molecule is CCCCCCCOC(=O)C1CC(CC)CCN1. The first kappa shape index (κ1) is 15.5. The lowest BCUT2D eigenvalue weighted by molar-refractivity contribution is -0.147. The van der Waals surface area contributed by atoms with Crippen molar-refractivity contribution < 1.29 is 9.53 Å². The van der Waals surface area contributed by atoms with Crippen molar-refractivity contribution in [3.05, 3.63) is 0 Å². The minimum Gasteiger partial charge on any atom is -0.465 e. The molecule has 1 saturated heterocycles. The van der Waals surface area contributed by atoms with Crippen LogP contribution >= 0.6 is 0 Å². The van der Waals surface area contributed by atoms with Crippen LogP contribution in [0.5, 0.6) is 0 Å². The van der Waals surface area contributed by atoms with E-state index in [4.69, 9.17) is 4.74 Å². The standard InChI is InChI=1S/C15H29NO2/c1-3-5-6-7-8-11-18-15(17)14-12-13(4-2)9-10-16-14/h13-14,16H,3-12H2,1-2H3. The molecule has 2 atom stereocenters. The molecule has 1 aliphatic heterocycles. The Balaban J connectivity index is 2.08. The van der Waals surface area contributed by atoms with Crippen molar-refractivity contribution in [2.24, 2.45) is 5.92 Å². The molecule has 0 amide bonds. The molecule has 0 aromatic heterocycles. The van der Waals surface area contributed by atoms with E-state index < -0.39 is 0 Å². The zero-order valence-corrected chi connectivity index (χ0v) is 12.0. The number of piperidine rings is 1. The van der Waals surface area contributed by atoms with Crippen LogP contribution in [-0.2, 0) is 9.53 Å². The number of hydrogen-bond donors (Lipinski definition) is 1. The first-order valence-corrected chi connectivity index (χ1v) is 7.68. The van der Waals surface area contributed by atoms with E-state index in [1.165, 1.54) is 38.5 Å². The molecule has 1 aliphatic rings. The van der Waals surface area contributed by atoms with Crippen LogP contribution in [0.2, 0.25) is 0 Å². The first-order valence-electron chi connectivity index (χ1n) is 7.68. The van der Waals surface area contributed by atoms with E-state index in [2.05, 4.69) is 19.2 Å². The third kappa shape index (κ3) is 5.85. The molecule has 0 saturated carbocycles. The zero-order valence-electron chi connectivity index (χ0n) is 12.0. The molecule has 1 N–H and O–H groups in total. The summed E-state index contributed by atoms with van der Waals surface area (Å²) in [6.45, 7) is 5.96. The third-order valence-corrected chi connectivity index (χ3v) is 3.87. The van der Waals surface area contributed by atoms with Crippen LogP contribution in [0, 0.1) is 5.92 Å². The van der Waals surface area contributed by atoms with Crippen LogP contribution in [0.3, 0.4) is 0 Å². The summed E-state index contributed by atoms with van der Waals surface area (Å²) in [5.74, 6) is 0.650. The number of unbranched alkanes of at least 4 members (excludes halogenated alkanes) is 4. The smallest absolute Gasteiger partial charge is 0.323 e. The molecule has 0 aromatic carbocycles. The fourth-order valence-electron chi connectivity index (χ4n) is 2.53. The number of ether oxygens (including phenoxy) is 1. The number of rotatable bonds is 8. The Morgan fingerprint density at radius 3 is 2.72 bits per heavy atom. The highest BCUT2D eigenvalue weighted by Gasteiger charge is 2.26. The fourth-order valence-corrected chi connectivity index (χ4v) is 2.53. The van der Waals surface area contributed by atoms with Crippen LogP contribution in [-0.4, -0.2) is 25.2 Å². The van der Waals surface area contributed by atoms with Gasteiger partial charge in [0.1, 0.15) is 6.04 Å². The fraction of sp³-hybridized carbons (Fsp3) is 0.933. The average molecular weight is 255 g/mol. The number of carbonyl (C=O) groups is 1. The van der Waals surface area contributed by atoms with Crippen LogP contribution in [0.15, 0.2) is 0 Å². The molecule has 3 heteroatoms. The lowest BCUT2D eigenvalue weighted by Crippen LogP contribution is -2.44. The van der Waals surface area contributed by atoms with Gasteiger partial charge in [-0.2, -0.15) is 0 Å². The van der Waals surface area contributed by atoms with E-state index >= 15 is 0 Å². The van der Waals surface area contributed by atoms with Crippen LogP contribution in [0.1, 0.15) is 65.2 Å². The van der Waals surface area contributed by atoms with Crippen molar-refractivity contribution in [2.45, 2.75) is 71.3 Å². The van der Waals surface area contributed by atoms with Crippen molar-refractivity contribution >= 4 is 5.97 Å². The molecule has 2 unspecified atom stereocenters. The van der Waals surface area contributed by atoms with Gasteiger partial charge in [0.25, 0.3) is 0 Å². The second-order valence-electron chi connectivity index (χ2n) is 5.39. The monoisotopic (exact) mass is 255 g/mol. The molecule has 0 bridgehead atoms. The topological polar surface area (TPSA) is 38.3 Å². The Bertz CT molecular complexity index is 231. The molecule has 106 valence electrons. The minimum atomic E-state index is -0.0562. The maximum absolute atomic E-state index is 11.9. The summed E-state index contributed by atoms with van der Waals surface area (Å²) in [6, 6.07) is -0.0562. The second kappa shape index (κ2) is 9.37. The molecule has 3 nitrogen and oxygen atoms in total. The van der Waals surface area contributed by atoms with Crippen molar-refractivity contribution in [3.63, 3.8) is 0 Å². The summed E-state index contributed by atoms with van der Waals surface area (Å²) in [7, 11) is 0. The molecular weight excluding hydrogens is 226 g/mol. The summed E-state index contributed by atoms with van der Waals surface area (Å²) in [4.78, 5) is 11.9.